The van der Waals surface area contributed by atoms with Crippen LogP contribution in [0.2, 0.25) is 5.02 Å². The molecule has 0 spiro atoms. The third kappa shape index (κ3) is 11.9. The molecule has 2 amide bonds. The Morgan fingerprint density at radius 1 is 0.822 bits per heavy atom. The summed E-state index contributed by atoms with van der Waals surface area (Å²) in [6.07, 6.45) is -0.507. The van der Waals surface area contributed by atoms with Crippen LogP contribution in [0.3, 0.4) is 0 Å². The third-order valence-electron chi connectivity index (χ3n) is 5.86. The Morgan fingerprint density at radius 2 is 1.51 bits per heavy atom. The first-order valence-electron chi connectivity index (χ1n) is 14.6. The lowest BCUT2D eigenvalue weighted by atomic mass is 10.1. The van der Waals surface area contributed by atoms with Crippen molar-refractivity contribution in [3.63, 3.8) is 0 Å². The Hall–Kier alpha value is -4.44. The van der Waals surface area contributed by atoms with E-state index in [0.29, 0.717) is 45.6 Å². The van der Waals surface area contributed by atoms with E-state index < -0.39 is 23.3 Å². The van der Waals surface area contributed by atoms with Crippen LogP contribution in [0.4, 0.5) is 16.2 Å². The second kappa shape index (κ2) is 15.5. The van der Waals surface area contributed by atoms with E-state index in [1.807, 2.05) is 19.1 Å². The van der Waals surface area contributed by atoms with Gasteiger partial charge in [-0.05, 0) is 90.4 Å². The Balaban J connectivity index is 1.71. The highest BCUT2D eigenvalue weighted by molar-refractivity contribution is 6.31. The number of para-hydroxylation sites is 1. The summed E-state index contributed by atoms with van der Waals surface area (Å²) < 4.78 is 22.3. The zero-order chi connectivity index (χ0) is 33.2. The number of anilines is 2. The number of benzene rings is 3. The number of hydrogen-bond acceptors (Lipinski definition) is 8. The molecule has 3 N–H and O–H groups in total. The van der Waals surface area contributed by atoms with Crippen LogP contribution >= 0.6 is 11.6 Å². The molecule has 0 radical (unpaired) electrons. The molecule has 0 aliphatic carbocycles. The van der Waals surface area contributed by atoms with Crippen molar-refractivity contribution in [1.29, 1.82) is 0 Å². The summed E-state index contributed by atoms with van der Waals surface area (Å²) in [5.74, 6) is 0.0129. The lowest BCUT2D eigenvalue weighted by molar-refractivity contribution is -0.157. The SMILES string of the molecule is CCOc1cccc(CNc2ccc(Cl)cc2C(=O)Nc2ccc(CNC(=O)OC(C)(C)C)cc2)c1OCC(=O)OC(C)(C)C. The molecule has 11 heteroatoms. The van der Waals surface area contributed by atoms with E-state index in [1.54, 1.807) is 90.1 Å². The van der Waals surface area contributed by atoms with Gasteiger partial charge in [0, 0.05) is 35.1 Å². The van der Waals surface area contributed by atoms with Crippen LogP contribution in [-0.2, 0) is 27.4 Å². The highest BCUT2D eigenvalue weighted by Crippen LogP contribution is 2.33. The van der Waals surface area contributed by atoms with E-state index >= 15 is 0 Å². The molecule has 3 aromatic rings. The van der Waals surface area contributed by atoms with Crippen molar-refractivity contribution in [1.82, 2.24) is 5.32 Å². The molecule has 0 aliphatic rings. The summed E-state index contributed by atoms with van der Waals surface area (Å²) in [5, 5.41) is 9.28. The quantitative estimate of drug-likeness (QED) is 0.176. The molecule has 0 saturated carbocycles. The van der Waals surface area contributed by atoms with Gasteiger partial charge in [0.1, 0.15) is 11.2 Å². The first-order valence-corrected chi connectivity index (χ1v) is 15.0. The number of ether oxygens (including phenoxy) is 4. The summed E-state index contributed by atoms with van der Waals surface area (Å²) >= 11 is 6.27. The van der Waals surface area contributed by atoms with Gasteiger partial charge < -0.3 is 34.9 Å². The van der Waals surface area contributed by atoms with Crippen molar-refractivity contribution in [2.24, 2.45) is 0 Å². The van der Waals surface area contributed by atoms with Crippen molar-refractivity contribution < 1.29 is 33.3 Å². The van der Waals surface area contributed by atoms with Gasteiger partial charge in [0.15, 0.2) is 18.1 Å². The van der Waals surface area contributed by atoms with Crippen LogP contribution in [0.25, 0.3) is 0 Å². The Labute approximate surface area is 269 Å². The van der Waals surface area contributed by atoms with Crippen LogP contribution in [0.1, 0.15) is 70.0 Å². The molecule has 242 valence electrons. The number of halogens is 1. The maximum atomic E-state index is 13.3. The monoisotopic (exact) mass is 639 g/mol. The molecule has 10 nitrogen and oxygen atoms in total. The van der Waals surface area contributed by atoms with Crippen LogP contribution in [-0.4, -0.2) is 42.4 Å². The fourth-order valence-electron chi connectivity index (χ4n) is 4.08. The van der Waals surface area contributed by atoms with E-state index in [2.05, 4.69) is 16.0 Å². The van der Waals surface area contributed by atoms with Gasteiger partial charge in [-0.15, -0.1) is 0 Å². The van der Waals surface area contributed by atoms with Crippen molar-refractivity contribution in [3.05, 3.63) is 82.4 Å². The fourth-order valence-corrected chi connectivity index (χ4v) is 4.25. The number of nitrogens with one attached hydrogen (secondary N) is 3. The van der Waals surface area contributed by atoms with E-state index in [0.717, 1.165) is 5.56 Å². The van der Waals surface area contributed by atoms with Crippen molar-refractivity contribution in [3.8, 4) is 11.5 Å². The second-order valence-corrected chi connectivity index (χ2v) is 12.5. The highest BCUT2D eigenvalue weighted by atomic mass is 35.5. The number of alkyl carbamates (subject to hydrolysis) is 1. The van der Waals surface area contributed by atoms with Crippen molar-refractivity contribution >= 4 is 40.9 Å². The number of rotatable bonds is 12. The Bertz CT molecular complexity index is 1480. The largest absolute Gasteiger partial charge is 0.490 e. The lowest BCUT2D eigenvalue weighted by Crippen LogP contribution is -2.32. The molecule has 0 fully saturated rings. The molecule has 3 rings (SSSR count). The van der Waals surface area contributed by atoms with Gasteiger partial charge >= 0.3 is 12.1 Å². The molecule has 0 bridgehead atoms. The van der Waals surface area contributed by atoms with Crippen molar-refractivity contribution in [2.75, 3.05) is 23.8 Å². The van der Waals surface area contributed by atoms with E-state index in [9.17, 15) is 14.4 Å². The van der Waals surface area contributed by atoms with Crippen LogP contribution in [0.5, 0.6) is 11.5 Å². The molecular formula is C34H42ClN3O7. The zero-order valence-electron chi connectivity index (χ0n) is 26.8. The maximum Gasteiger partial charge on any atom is 0.407 e. The first-order chi connectivity index (χ1) is 21.1. The zero-order valence-corrected chi connectivity index (χ0v) is 27.6. The minimum Gasteiger partial charge on any atom is -0.490 e. The van der Waals surface area contributed by atoms with Gasteiger partial charge in [-0.3, -0.25) is 4.79 Å². The number of amides is 2. The predicted octanol–water partition coefficient (Wildman–Crippen LogP) is 7.35. The van der Waals surface area contributed by atoms with Gasteiger partial charge in [0.05, 0.1) is 12.2 Å². The molecular weight excluding hydrogens is 598 g/mol. The minimum absolute atomic E-state index is 0.256. The molecule has 0 saturated heterocycles. The standard InChI is InChI=1S/C34H42ClN3O7/c1-8-42-28-11-9-10-23(30(28)43-21-29(39)44-33(2,3)4)20-36-27-17-14-24(35)18-26(27)31(40)38-25-15-12-22(13-16-25)19-37-32(41)45-34(5,6)7/h9-18,36H,8,19-21H2,1-7H3,(H,37,41)(H,38,40). The molecule has 3 aromatic carbocycles. The predicted molar refractivity (Wildman–Crippen MR) is 175 cm³/mol. The summed E-state index contributed by atoms with van der Waals surface area (Å²) in [6.45, 7) is 13.3. The Morgan fingerprint density at radius 3 is 2.16 bits per heavy atom. The highest BCUT2D eigenvalue weighted by Gasteiger charge is 2.20. The first kappa shape index (κ1) is 35.0. The molecule has 0 atom stereocenters. The lowest BCUT2D eigenvalue weighted by Gasteiger charge is -2.21. The minimum atomic E-state index is -0.642. The molecule has 0 unspecified atom stereocenters. The van der Waals surface area contributed by atoms with Gasteiger partial charge in [-0.2, -0.15) is 0 Å². The fraction of sp³-hybridized carbons (Fsp3) is 0.382. The molecule has 0 aliphatic heterocycles. The number of esters is 1. The average Bonchev–Trinajstić information content (AvgIpc) is 2.94. The van der Waals surface area contributed by atoms with Gasteiger partial charge in [0.2, 0.25) is 0 Å². The summed E-state index contributed by atoms with van der Waals surface area (Å²) in [5.41, 5.74) is 1.75. The van der Waals surface area contributed by atoms with Gasteiger partial charge in [-0.25, -0.2) is 9.59 Å². The molecule has 0 aromatic heterocycles. The van der Waals surface area contributed by atoms with E-state index in [-0.39, 0.29) is 25.6 Å². The van der Waals surface area contributed by atoms with Gasteiger partial charge in [0.25, 0.3) is 5.91 Å². The number of carbonyl (C=O) groups excluding carboxylic acids is 3. The number of carbonyl (C=O) groups is 3. The number of hydrogen-bond donors (Lipinski definition) is 3. The average molecular weight is 640 g/mol. The summed E-state index contributed by atoms with van der Waals surface area (Å²) in [4.78, 5) is 37.6. The van der Waals surface area contributed by atoms with Crippen LogP contribution in [0.15, 0.2) is 60.7 Å². The van der Waals surface area contributed by atoms with E-state index in [1.165, 1.54) is 0 Å². The van der Waals surface area contributed by atoms with Crippen LogP contribution < -0.4 is 25.4 Å². The molecule has 45 heavy (non-hydrogen) atoms. The summed E-state index contributed by atoms with van der Waals surface area (Å²) in [7, 11) is 0. The Kier molecular flexibility index (Phi) is 12.1. The smallest absolute Gasteiger partial charge is 0.407 e. The topological polar surface area (TPSA) is 124 Å². The van der Waals surface area contributed by atoms with E-state index in [4.69, 9.17) is 30.5 Å². The molecule has 0 heterocycles. The maximum absolute atomic E-state index is 13.3. The van der Waals surface area contributed by atoms with Crippen molar-refractivity contribution in [2.45, 2.75) is 72.8 Å². The van der Waals surface area contributed by atoms with Gasteiger partial charge in [-0.1, -0.05) is 35.9 Å². The summed E-state index contributed by atoms with van der Waals surface area (Å²) in [6, 6.07) is 17.5. The third-order valence-corrected chi connectivity index (χ3v) is 6.09. The van der Waals surface area contributed by atoms with Crippen LogP contribution in [0, 0.1) is 0 Å². The normalized spacial score (nSPS) is 11.3. The second-order valence-electron chi connectivity index (χ2n) is 12.1.